The summed E-state index contributed by atoms with van der Waals surface area (Å²) in [6.45, 7) is 2.03. The Morgan fingerprint density at radius 3 is 2.10 bits per heavy atom. The van der Waals surface area contributed by atoms with E-state index >= 15 is 0 Å². The molecule has 2 atom stereocenters. The van der Waals surface area contributed by atoms with E-state index in [-0.39, 0.29) is 11.7 Å². The van der Waals surface area contributed by atoms with Crippen LogP contribution in [-0.4, -0.2) is 10.9 Å². The standard InChI is InChI=1S/C18H20O2/c1-2-9-16(17(19)14-10-5-3-6-11-14)18(20)15-12-7-4-8-13-15/h3-8,10-13,16-17,19H,2,9H2,1H3/t16-,17-/m0/s1. The van der Waals surface area contributed by atoms with Gasteiger partial charge >= 0.3 is 0 Å². The highest BCUT2D eigenvalue weighted by Crippen LogP contribution is 2.28. The van der Waals surface area contributed by atoms with Gasteiger partial charge in [-0.25, -0.2) is 0 Å². The van der Waals surface area contributed by atoms with E-state index in [0.717, 1.165) is 12.0 Å². The van der Waals surface area contributed by atoms with Crippen molar-refractivity contribution in [3.05, 3.63) is 71.8 Å². The number of hydrogen-bond acceptors (Lipinski definition) is 2. The van der Waals surface area contributed by atoms with Gasteiger partial charge in [0.2, 0.25) is 0 Å². The number of hydrogen-bond donors (Lipinski definition) is 1. The van der Waals surface area contributed by atoms with Crippen molar-refractivity contribution in [1.82, 2.24) is 0 Å². The molecule has 0 saturated carbocycles. The zero-order chi connectivity index (χ0) is 14.4. The van der Waals surface area contributed by atoms with Gasteiger partial charge in [-0.15, -0.1) is 0 Å². The minimum absolute atomic E-state index is 0.0174. The molecule has 2 aromatic carbocycles. The average molecular weight is 268 g/mol. The molecule has 2 heteroatoms. The second-order valence-corrected chi connectivity index (χ2v) is 4.98. The van der Waals surface area contributed by atoms with E-state index in [1.165, 1.54) is 0 Å². The number of carbonyl (C=O) groups excluding carboxylic acids is 1. The van der Waals surface area contributed by atoms with E-state index in [2.05, 4.69) is 0 Å². The van der Waals surface area contributed by atoms with Crippen LogP contribution in [-0.2, 0) is 0 Å². The maximum absolute atomic E-state index is 12.6. The second kappa shape index (κ2) is 7.01. The molecule has 0 aliphatic rings. The Morgan fingerprint density at radius 1 is 1.00 bits per heavy atom. The number of rotatable bonds is 6. The first-order valence-corrected chi connectivity index (χ1v) is 7.06. The molecule has 2 rings (SSSR count). The lowest BCUT2D eigenvalue weighted by Crippen LogP contribution is -2.22. The van der Waals surface area contributed by atoms with Crippen molar-refractivity contribution >= 4 is 5.78 Å². The van der Waals surface area contributed by atoms with Gasteiger partial charge in [-0.2, -0.15) is 0 Å². The Morgan fingerprint density at radius 2 is 1.55 bits per heavy atom. The minimum atomic E-state index is -0.746. The zero-order valence-corrected chi connectivity index (χ0v) is 11.7. The Hall–Kier alpha value is -1.93. The lowest BCUT2D eigenvalue weighted by Gasteiger charge is -2.22. The maximum atomic E-state index is 12.6. The van der Waals surface area contributed by atoms with Crippen LogP contribution >= 0.6 is 0 Å². The summed E-state index contributed by atoms with van der Waals surface area (Å²) in [5.74, 6) is -0.367. The van der Waals surface area contributed by atoms with Crippen molar-refractivity contribution in [3.8, 4) is 0 Å². The van der Waals surface area contributed by atoms with Crippen molar-refractivity contribution in [1.29, 1.82) is 0 Å². The van der Waals surface area contributed by atoms with E-state index in [4.69, 9.17) is 0 Å². The molecular weight excluding hydrogens is 248 g/mol. The number of aliphatic hydroxyl groups excluding tert-OH is 1. The van der Waals surface area contributed by atoms with Gasteiger partial charge in [-0.05, 0) is 12.0 Å². The SMILES string of the molecule is CCC[C@H](C(=O)c1ccccc1)[C@@H](O)c1ccccc1. The molecule has 0 aromatic heterocycles. The molecule has 0 saturated heterocycles. The van der Waals surface area contributed by atoms with Crippen molar-refractivity contribution in [2.75, 3.05) is 0 Å². The quantitative estimate of drug-likeness (QED) is 0.803. The molecule has 2 nitrogen and oxygen atoms in total. The highest BCUT2D eigenvalue weighted by molar-refractivity contribution is 5.98. The smallest absolute Gasteiger partial charge is 0.168 e. The van der Waals surface area contributed by atoms with Crippen LogP contribution in [0.2, 0.25) is 0 Å². The summed E-state index contributed by atoms with van der Waals surface area (Å²) in [6.07, 6.45) is 0.806. The van der Waals surface area contributed by atoms with Gasteiger partial charge in [0.25, 0.3) is 0 Å². The van der Waals surface area contributed by atoms with E-state index in [1.807, 2.05) is 67.6 Å². The highest BCUT2D eigenvalue weighted by Gasteiger charge is 2.27. The number of aliphatic hydroxyl groups is 1. The van der Waals surface area contributed by atoms with Gasteiger partial charge in [-0.3, -0.25) is 4.79 Å². The Bertz CT molecular complexity index is 534. The predicted molar refractivity (Wildman–Crippen MR) is 80.6 cm³/mol. The Balaban J connectivity index is 2.25. The van der Waals surface area contributed by atoms with Gasteiger partial charge in [-0.1, -0.05) is 74.0 Å². The predicted octanol–water partition coefficient (Wildman–Crippen LogP) is 4.02. The summed E-state index contributed by atoms with van der Waals surface area (Å²) in [7, 11) is 0. The van der Waals surface area contributed by atoms with Crippen LogP contribution in [0.5, 0.6) is 0 Å². The molecule has 2 aromatic rings. The van der Waals surface area contributed by atoms with E-state index in [1.54, 1.807) is 0 Å². The fraction of sp³-hybridized carbons (Fsp3) is 0.278. The topological polar surface area (TPSA) is 37.3 Å². The maximum Gasteiger partial charge on any atom is 0.168 e. The van der Waals surface area contributed by atoms with E-state index in [0.29, 0.717) is 12.0 Å². The first-order valence-electron chi connectivity index (χ1n) is 7.06. The third-order valence-corrected chi connectivity index (χ3v) is 3.52. The van der Waals surface area contributed by atoms with Crippen molar-refractivity contribution in [2.24, 2.45) is 5.92 Å². The van der Waals surface area contributed by atoms with Crippen LogP contribution in [0.4, 0.5) is 0 Å². The summed E-state index contributed by atoms with van der Waals surface area (Å²) in [5.41, 5.74) is 1.47. The van der Waals surface area contributed by atoms with E-state index in [9.17, 15) is 9.90 Å². The van der Waals surface area contributed by atoms with Crippen LogP contribution in [0, 0.1) is 5.92 Å². The zero-order valence-electron chi connectivity index (χ0n) is 11.7. The minimum Gasteiger partial charge on any atom is -0.388 e. The van der Waals surface area contributed by atoms with Crippen LogP contribution in [0.3, 0.4) is 0 Å². The van der Waals surface area contributed by atoms with Gasteiger partial charge in [0.05, 0.1) is 12.0 Å². The second-order valence-electron chi connectivity index (χ2n) is 4.98. The summed E-state index contributed by atoms with van der Waals surface area (Å²) < 4.78 is 0. The van der Waals surface area contributed by atoms with Gasteiger partial charge in [0.15, 0.2) is 5.78 Å². The molecule has 0 heterocycles. The molecule has 0 spiro atoms. The fourth-order valence-electron chi connectivity index (χ4n) is 2.44. The third kappa shape index (κ3) is 3.34. The molecule has 104 valence electrons. The summed E-state index contributed by atoms with van der Waals surface area (Å²) >= 11 is 0. The summed E-state index contributed by atoms with van der Waals surface area (Å²) in [5, 5.41) is 10.5. The normalized spacial score (nSPS) is 13.7. The molecule has 0 aliphatic heterocycles. The molecule has 0 unspecified atom stereocenters. The molecule has 20 heavy (non-hydrogen) atoms. The molecule has 1 N–H and O–H groups in total. The van der Waals surface area contributed by atoms with Gasteiger partial charge < -0.3 is 5.11 Å². The number of benzene rings is 2. The summed E-state index contributed by atoms with van der Waals surface area (Å²) in [6, 6.07) is 18.6. The Labute approximate surface area is 120 Å². The van der Waals surface area contributed by atoms with Crippen LogP contribution in [0.25, 0.3) is 0 Å². The highest BCUT2D eigenvalue weighted by atomic mass is 16.3. The molecular formula is C18H20O2. The van der Waals surface area contributed by atoms with Crippen molar-refractivity contribution < 1.29 is 9.90 Å². The summed E-state index contributed by atoms with van der Waals surface area (Å²) in [4.78, 5) is 12.6. The Kier molecular flexibility index (Phi) is 5.08. The van der Waals surface area contributed by atoms with E-state index < -0.39 is 6.10 Å². The largest absolute Gasteiger partial charge is 0.388 e. The van der Waals surface area contributed by atoms with Crippen LogP contribution < -0.4 is 0 Å². The van der Waals surface area contributed by atoms with Crippen LogP contribution in [0.1, 0.15) is 41.8 Å². The molecule has 0 aliphatic carbocycles. The van der Waals surface area contributed by atoms with Crippen molar-refractivity contribution in [2.45, 2.75) is 25.9 Å². The molecule has 0 bridgehead atoms. The molecule has 0 fully saturated rings. The average Bonchev–Trinajstić information content (AvgIpc) is 2.53. The first-order chi connectivity index (χ1) is 9.74. The first kappa shape index (κ1) is 14.5. The van der Waals surface area contributed by atoms with Gasteiger partial charge in [0.1, 0.15) is 0 Å². The monoisotopic (exact) mass is 268 g/mol. The third-order valence-electron chi connectivity index (χ3n) is 3.52. The number of ketones is 1. The fourth-order valence-corrected chi connectivity index (χ4v) is 2.44. The van der Waals surface area contributed by atoms with Crippen LogP contribution in [0.15, 0.2) is 60.7 Å². The van der Waals surface area contributed by atoms with Crippen molar-refractivity contribution in [3.63, 3.8) is 0 Å². The lowest BCUT2D eigenvalue weighted by atomic mass is 9.85. The number of Topliss-reactive ketones (excluding diaryl/α,β-unsaturated/α-hetero) is 1. The van der Waals surface area contributed by atoms with Gasteiger partial charge in [0, 0.05) is 5.56 Å². The lowest BCUT2D eigenvalue weighted by molar-refractivity contribution is 0.0654. The molecule has 0 amide bonds. The number of carbonyl (C=O) groups is 1. The molecule has 0 radical (unpaired) electrons.